The van der Waals surface area contributed by atoms with E-state index in [1.165, 1.54) is 0 Å². The minimum absolute atomic E-state index is 0.00682. The standard InChI is InChI=1S/C23H24N2O4/c1-12-7-15(8-13(2)21(12)27)16-10-18(23(29)24-11-16)22(28)20-19(25-20)9-14-3-5-17(26)6-4-14/h3-8,11,18-20,25-27H,9-10H2,1-2H3,(H,24,29). The molecule has 2 aliphatic heterocycles. The van der Waals surface area contributed by atoms with Crippen LogP contribution in [0.4, 0.5) is 0 Å². The highest BCUT2D eigenvalue weighted by Gasteiger charge is 2.47. The first kappa shape index (κ1) is 19.2. The van der Waals surface area contributed by atoms with E-state index >= 15 is 0 Å². The van der Waals surface area contributed by atoms with E-state index in [2.05, 4.69) is 10.6 Å². The fraction of sp³-hybridized carbons (Fsp3) is 0.304. The Morgan fingerprint density at radius 2 is 1.76 bits per heavy atom. The average molecular weight is 392 g/mol. The van der Waals surface area contributed by atoms with Crippen molar-refractivity contribution in [1.29, 1.82) is 0 Å². The SMILES string of the molecule is Cc1cc(C2=CNC(=O)C(C(=O)C3NC3Cc3ccc(O)cc3)C2)cc(C)c1O. The molecule has 3 atom stereocenters. The molecule has 2 aliphatic rings. The van der Waals surface area contributed by atoms with Gasteiger partial charge in [0.2, 0.25) is 5.91 Å². The van der Waals surface area contributed by atoms with Gasteiger partial charge in [-0.3, -0.25) is 9.59 Å². The Kier molecular flexibility index (Phi) is 4.88. The molecule has 4 rings (SSSR count). The molecule has 1 fully saturated rings. The van der Waals surface area contributed by atoms with Gasteiger partial charge in [-0.15, -0.1) is 0 Å². The number of amides is 1. The lowest BCUT2D eigenvalue weighted by Gasteiger charge is -2.22. The summed E-state index contributed by atoms with van der Waals surface area (Å²) < 4.78 is 0. The predicted molar refractivity (Wildman–Crippen MR) is 109 cm³/mol. The Labute approximate surface area is 169 Å². The van der Waals surface area contributed by atoms with Gasteiger partial charge in [0.1, 0.15) is 17.4 Å². The monoisotopic (exact) mass is 392 g/mol. The van der Waals surface area contributed by atoms with Gasteiger partial charge in [0.05, 0.1) is 6.04 Å². The van der Waals surface area contributed by atoms with Gasteiger partial charge in [-0.1, -0.05) is 12.1 Å². The van der Waals surface area contributed by atoms with Crippen LogP contribution in [-0.4, -0.2) is 34.0 Å². The van der Waals surface area contributed by atoms with E-state index in [0.717, 1.165) is 27.8 Å². The number of rotatable bonds is 5. The maximum atomic E-state index is 13.0. The van der Waals surface area contributed by atoms with Crippen molar-refractivity contribution < 1.29 is 19.8 Å². The number of aryl methyl sites for hydroxylation is 2. The summed E-state index contributed by atoms with van der Waals surface area (Å²) in [6.07, 6.45) is 2.67. The summed E-state index contributed by atoms with van der Waals surface area (Å²) >= 11 is 0. The highest BCUT2D eigenvalue weighted by Crippen LogP contribution is 2.33. The Balaban J connectivity index is 1.45. The number of nitrogens with one attached hydrogen (secondary N) is 2. The van der Waals surface area contributed by atoms with Crippen LogP contribution in [-0.2, 0) is 16.0 Å². The van der Waals surface area contributed by atoms with Gasteiger partial charge in [-0.2, -0.15) is 0 Å². The van der Waals surface area contributed by atoms with Crippen molar-refractivity contribution in [2.75, 3.05) is 0 Å². The first-order chi connectivity index (χ1) is 13.8. The molecule has 0 radical (unpaired) electrons. The number of phenols is 2. The lowest BCUT2D eigenvalue weighted by atomic mass is 9.86. The smallest absolute Gasteiger partial charge is 0.234 e. The molecule has 0 saturated carbocycles. The molecule has 0 bridgehead atoms. The first-order valence-corrected chi connectivity index (χ1v) is 9.71. The number of aromatic hydroxyl groups is 2. The van der Waals surface area contributed by atoms with Crippen LogP contribution in [0.1, 0.15) is 28.7 Å². The zero-order valence-electron chi connectivity index (χ0n) is 16.4. The third-order valence-corrected chi connectivity index (χ3v) is 5.72. The van der Waals surface area contributed by atoms with E-state index in [0.29, 0.717) is 12.8 Å². The normalized spacial score (nSPS) is 23.3. The topological polar surface area (TPSA) is 109 Å². The summed E-state index contributed by atoms with van der Waals surface area (Å²) in [6.45, 7) is 3.66. The zero-order valence-corrected chi connectivity index (χ0v) is 16.4. The number of hydrogen-bond donors (Lipinski definition) is 4. The first-order valence-electron chi connectivity index (χ1n) is 9.71. The second-order valence-electron chi connectivity index (χ2n) is 7.92. The van der Waals surface area contributed by atoms with Crippen molar-refractivity contribution in [3.05, 3.63) is 64.9 Å². The molecule has 1 amide bonds. The van der Waals surface area contributed by atoms with E-state index in [1.54, 1.807) is 18.3 Å². The van der Waals surface area contributed by atoms with Gasteiger partial charge >= 0.3 is 0 Å². The number of Topliss-reactive ketones (excluding diaryl/α,β-unsaturated/α-hetero) is 1. The summed E-state index contributed by atoms with van der Waals surface area (Å²) in [4.78, 5) is 25.3. The van der Waals surface area contributed by atoms with Crippen LogP contribution in [0.25, 0.3) is 5.57 Å². The van der Waals surface area contributed by atoms with E-state index in [9.17, 15) is 19.8 Å². The van der Waals surface area contributed by atoms with Crippen LogP contribution in [0.15, 0.2) is 42.6 Å². The molecule has 6 nitrogen and oxygen atoms in total. The summed E-state index contributed by atoms with van der Waals surface area (Å²) in [7, 11) is 0. The molecule has 150 valence electrons. The quantitative estimate of drug-likeness (QED) is 0.461. The molecule has 0 aromatic heterocycles. The van der Waals surface area contributed by atoms with Gasteiger partial charge in [-0.05, 0) is 78.8 Å². The van der Waals surface area contributed by atoms with Gasteiger partial charge in [-0.25, -0.2) is 0 Å². The molecule has 4 N–H and O–H groups in total. The summed E-state index contributed by atoms with van der Waals surface area (Å²) in [6, 6.07) is 10.3. The van der Waals surface area contributed by atoms with Crippen LogP contribution in [0.5, 0.6) is 11.5 Å². The highest BCUT2D eigenvalue weighted by molar-refractivity contribution is 6.08. The second-order valence-corrected chi connectivity index (χ2v) is 7.92. The van der Waals surface area contributed by atoms with Crippen molar-refractivity contribution in [1.82, 2.24) is 10.6 Å². The van der Waals surface area contributed by atoms with Crippen molar-refractivity contribution in [3.63, 3.8) is 0 Å². The van der Waals surface area contributed by atoms with E-state index in [-0.39, 0.29) is 35.3 Å². The van der Waals surface area contributed by atoms with E-state index < -0.39 is 5.92 Å². The fourth-order valence-corrected chi connectivity index (χ4v) is 3.94. The number of carbonyl (C=O) groups is 2. The highest BCUT2D eigenvalue weighted by atomic mass is 16.3. The molecule has 3 unspecified atom stereocenters. The third kappa shape index (κ3) is 3.89. The van der Waals surface area contributed by atoms with Crippen LogP contribution in [0.2, 0.25) is 0 Å². The van der Waals surface area contributed by atoms with Crippen LogP contribution in [0.3, 0.4) is 0 Å². The number of carbonyl (C=O) groups excluding carboxylic acids is 2. The Morgan fingerprint density at radius 3 is 2.41 bits per heavy atom. The maximum Gasteiger partial charge on any atom is 0.234 e. The zero-order chi connectivity index (χ0) is 20.7. The van der Waals surface area contributed by atoms with Crippen LogP contribution < -0.4 is 10.6 Å². The van der Waals surface area contributed by atoms with Crippen LogP contribution >= 0.6 is 0 Å². The summed E-state index contributed by atoms with van der Waals surface area (Å²) in [5.74, 6) is -0.622. The molecule has 0 aliphatic carbocycles. The number of ketones is 1. The van der Waals surface area contributed by atoms with Gasteiger partial charge in [0.15, 0.2) is 5.78 Å². The molecular formula is C23H24N2O4. The molecule has 1 saturated heterocycles. The number of benzene rings is 2. The van der Waals surface area contributed by atoms with Gasteiger partial charge in [0.25, 0.3) is 0 Å². The van der Waals surface area contributed by atoms with E-state index in [1.807, 2.05) is 38.1 Å². The predicted octanol–water partition coefficient (Wildman–Crippen LogP) is 2.34. The van der Waals surface area contributed by atoms with E-state index in [4.69, 9.17) is 0 Å². The molecule has 2 aromatic rings. The van der Waals surface area contributed by atoms with Crippen molar-refractivity contribution >= 4 is 17.3 Å². The molecule has 0 spiro atoms. The summed E-state index contributed by atoms with van der Waals surface area (Å²) in [5, 5.41) is 25.3. The fourth-order valence-electron chi connectivity index (χ4n) is 3.94. The molecule has 2 aromatic carbocycles. The Bertz CT molecular complexity index is 987. The number of allylic oxidation sites excluding steroid dienone is 1. The van der Waals surface area contributed by atoms with Crippen molar-refractivity contribution in [2.45, 2.75) is 38.8 Å². The number of phenolic OH excluding ortho intramolecular Hbond substituents is 2. The Hall–Kier alpha value is -3.12. The summed E-state index contributed by atoms with van der Waals surface area (Å²) in [5.41, 5.74) is 4.33. The maximum absolute atomic E-state index is 13.0. The minimum atomic E-state index is -0.730. The van der Waals surface area contributed by atoms with Crippen molar-refractivity contribution in [3.8, 4) is 11.5 Å². The molecule has 29 heavy (non-hydrogen) atoms. The number of hydrogen-bond acceptors (Lipinski definition) is 5. The Morgan fingerprint density at radius 1 is 1.10 bits per heavy atom. The lowest BCUT2D eigenvalue weighted by Crippen LogP contribution is -2.39. The molecular weight excluding hydrogens is 368 g/mol. The molecule has 6 heteroatoms. The molecule has 2 heterocycles. The second kappa shape index (κ2) is 7.37. The van der Waals surface area contributed by atoms with Gasteiger partial charge in [0, 0.05) is 12.2 Å². The van der Waals surface area contributed by atoms with Crippen molar-refractivity contribution in [2.24, 2.45) is 5.92 Å². The average Bonchev–Trinajstić information content (AvgIpc) is 3.46. The lowest BCUT2D eigenvalue weighted by molar-refractivity contribution is -0.133. The van der Waals surface area contributed by atoms with Crippen LogP contribution in [0, 0.1) is 19.8 Å². The van der Waals surface area contributed by atoms with Gasteiger partial charge < -0.3 is 20.8 Å². The largest absolute Gasteiger partial charge is 0.508 e. The third-order valence-electron chi connectivity index (χ3n) is 5.72. The minimum Gasteiger partial charge on any atom is -0.508 e.